The second-order valence-corrected chi connectivity index (χ2v) is 16.4. The molecule has 0 saturated carbocycles. The lowest BCUT2D eigenvalue weighted by molar-refractivity contribution is 0.793. The van der Waals surface area contributed by atoms with E-state index in [0.29, 0.717) is 0 Å². The van der Waals surface area contributed by atoms with Crippen molar-refractivity contribution < 1.29 is 0 Å². The number of anilines is 6. The maximum absolute atomic E-state index is 2.47. The van der Waals surface area contributed by atoms with Crippen molar-refractivity contribution in [2.24, 2.45) is 0 Å². The van der Waals surface area contributed by atoms with Crippen LogP contribution in [0.3, 0.4) is 0 Å². The molecule has 2 nitrogen and oxygen atoms in total. The van der Waals surface area contributed by atoms with Crippen LogP contribution in [0.15, 0.2) is 255 Å². The first kappa shape index (κ1) is 36.6. The molecule has 0 fully saturated rings. The lowest BCUT2D eigenvalue weighted by atomic mass is 9.70. The van der Waals surface area contributed by atoms with Crippen LogP contribution in [0.25, 0.3) is 44.5 Å². The molecule has 1 unspecified atom stereocenters. The van der Waals surface area contributed by atoms with E-state index in [1.54, 1.807) is 0 Å². The quantitative estimate of drug-likeness (QED) is 0.151. The van der Waals surface area contributed by atoms with Gasteiger partial charge in [-0.05, 0) is 128 Å². The smallest absolute Gasteiger partial charge is 0.0727 e. The molecule has 0 aromatic heterocycles. The molecular weight excluding hydrogens is 761 g/mol. The zero-order valence-corrected chi connectivity index (χ0v) is 34.6. The van der Waals surface area contributed by atoms with E-state index < -0.39 is 5.41 Å². The van der Waals surface area contributed by atoms with Crippen molar-refractivity contribution in [3.05, 3.63) is 277 Å². The van der Waals surface area contributed by atoms with E-state index in [1.807, 2.05) is 0 Å². The van der Waals surface area contributed by atoms with Crippen LogP contribution >= 0.6 is 0 Å². The van der Waals surface area contributed by atoms with Gasteiger partial charge in [-0.25, -0.2) is 0 Å². The number of rotatable bonds is 8. The van der Waals surface area contributed by atoms with Gasteiger partial charge in [0.25, 0.3) is 0 Å². The van der Waals surface area contributed by atoms with Crippen LogP contribution in [0.4, 0.5) is 34.1 Å². The molecule has 1 spiro atoms. The summed E-state index contributed by atoms with van der Waals surface area (Å²) >= 11 is 0. The highest BCUT2D eigenvalue weighted by Crippen LogP contribution is 2.65. The van der Waals surface area contributed by atoms with Crippen molar-refractivity contribution in [1.82, 2.24) is 0 Å². The van der Waals surface area contributed by atoms with Crippen molar-refractivity contribution in [2.75, 3.05) is 9.80 Å². The number of para-hydroxylation sites is 3. The highest BCUT2D eigenvalue weighted by molar-refractivity contribution is 6.01. The molecule has 2 aliphatic rings. The third-order valence-corrected chi connectivity index (χ3v) is 13.1. The van der Waals surface area contributed by atoms with E-state index in [2.05, 4.69) is 265 Å². The normalized spacial score (nSPS) is 14.1. The Morgan fingerprint density at radius 1 is 0.238 bits per heavy atom. The second kappa shape index (κ2) is 15.1. The van der Waals surface area contributed by atoms with Crippen LogP contribution in [-0.4, -0.2) is 0 Å². The lowest BCUT2D eigenvalue weighted by Crippen LogP contribution is -2.26. The van der Waals surface area contributed by atoms with E-state index in [0.717, 1.165) is 34.1 Å². The Labute approximate surface area is 369 Å². The fourth-order valence-electron chi connectivity index (χ4n) is 10.4. The summed E-state index contributed by atoms with van der Waals surface area (Å²) in [4.78, 5) is 4.83. The minimum Gasteiger partial charge on any atom is -0.310 e. The number of nitrogens with zero attached hydrogens (tertiary/aromatic N) is 2. The summed E-state index contributed by atoms with van der Waals surface area (Å²) in [6.45, 7) is 0. The number of hydrogen-bond acceptors (Lipinski definition) is 2. The lowest BCUT2D eigenvalue weighted by Gasteiger charge is -2.33. The molecule has 12 rings (SSSR count). The van der Waals surface area contributed by atoms with Crippen LogP contribution in [0.2, 0.25) is 0 Å². The summed E-state index contributed by atoms with van der Waals surface area (Å²) in [7, 11) is 0. The molecule has 0 bridgehead atoms. The Hall–Kier alpha value is -8.20. The van der Waals surface area contributed by atoms with Gasteiger partial charge in [0, 0.05) is 34.0 Å². The third kappa shape index (κ3) is 5.87. The van der Waals surface area contributed by atoms with Crippen molar-refractivity contribution in [3.8, 4) is 44.5 Å². The van der Waals surface area contributed by atoms with Gasteiger partial charge in [0.1, 0.15) is 0 Å². The average molecular weight is 803 g/mol. The molecule has 0 heterocycles. The zero-order chi connectivity index (χ0) is 41.7. The molecule has 10 aromatic carbocycles. The molecule has 0 aliphatic heterocycles. The van der Waals surface area contributed by atoms with Gasteiger partial charge in [0.15, 0.2) is 0 Å². The van der Waals surface area contributed by atoms with Gasteiger partial charge in [-0.2, -0.15) is 0 Å². The second-order valence-electron chi connectivity index (χ2n) is 16.4. The predicted octanol–water partition coefficient (Wildman–Crippen LogP) is 16.3. The third-order valence-electron chi connectivity index (χ3n) is 13.1. The van der Waals surface area contributed by atoms with Crippen LogP contribution < -0.4 is 9.80 Å². The topological polar surface area (TPSA) is 6.48 Å². The molecule has 296 valence electrons. The van der Waals surface area contributed by atoms with Crippen molar-refractivity contribution >= 4 is 34.1 Å². The minimum atomic E-state index is -0.541. The van der Waals surface area contributed by atoms with Crippen LogP contribution in [0.5, 0.6) is 0 Å². The molecular formula is C61H42N2. The maximum atomic E-state index is 2.47. The van der Waals surface area contributed by atoms with Crippen molar-refractivity contribution in [2.45, 2.75) is 5.41 Å². The zero-order valence-electron chi connectivity index (χ0n) is 34.6. The highest BCUT2D eigenvalue weighted by Gasteiger charge is 2.52. The summed E-state index contributed by atoms with van der Waals surface area (Å²) in [6, 6.07) is 93.1. The summed E-state index contributed by atoms with van der Waals surface area (Å²) in [5.41, 5.74) is 21.3. The average Bonchev–Trinajstić information content (AvgIpc) is 3.83. The van der Waals surface area contributed by atoms with E-state index in [4.69, 9.17) is 0 Å². The molecule has 0 amide bonds. The molecule has 10 aromatic rings. The van der Waals surface area contributed by atoms with Gasteiger partial charge in [-0.3, -0.25) is 0 Å². The molecule has 63 heavy (non-hydrogen) atoms. The Morgan fingerprint density at radius 3 is 1.22 bits per heavy atom. The first-order valence-corrected chi connectivity index (χ1v) is 21.8. The van der Waals surface area contributed by atoms with Gasteiger partial charge in [0.05, 0.1) is 11.1 Å². The van der Waals surface area contributed by atoms with E-state index in [1.165, 1.54) is 66.8 Å². The van der Waals surface area contributed by atoms with Gasteiger partial charge < -0.3 is 9.80 Å². The molecule has 0 saturated heterocycles. The largest absolute Gasteiger partial charge is 0.310 e. The SMILES string of the molecule is c1ccc(-c2ccc(-c3ccc(N(c4ccccc4)c4cccc5c4-c4ccccc4C54c5ccccc5-c5ccc(N(c6ccccc6)c6ccccc6)cc54)cc3)cc2)cc1. The summed E-state index contributed by atoms with van der Waals surface area (Å²) in [5, 5.41) is 0. The Morgan fingerprint density at radius 2 is 0.635 bits per heavy atom. The van der Waals surface area contributed by atoms with Crippen LogP contribution in [0.1, 0.15) is 22.3 Å². The standard InChI is InChI=1S/C61H42N2/c1-5-18-43(19-6-1)44-32-34-45(35-33-44)46-36-38-50(39-37-46)63(49-24-11-4-12-25-49)59-31-17-30-57-60(59)54-27-14-16-29-56(54)61(57)55-28-15-13-26-52(55)53-41-40-51(42-58(53)61)62(47-20-7-2-8-21-47)48-22-9-3-10-23-48/h1-42H. The monoisotopic (exact) mass is 802 g/mol. The summed E-state index contributed by atoms with van der Waals surface area (Å²) in [5.74, 6) is 0. The molecule has 0 N–H and O–H groups in total. The highest BCUT2D eigenvalue weighted by atomic mass is 15.1. The predicted molar refractivity (Wildman–Crippen MR) is 263 cm³/mol. The summed E-state index contributed by atoms with van der Waals surface area (Å²) < 4.78 is 0. The van der Waals surface area contributed by atoms with Gasteiger partial charge in [-0.15, -0.1) is 0 Å². The fourth-order valence-corrected chi connectivity index (χ4v) is 10.4. The first-order chi connectivity index (χ1) is 31.3. The van der Waals surface area contributed by atoms with E-state index in [9.17, 15) is 0 Å². The van der Waals surface area contributed by atoms with E-state index in [-0.39, 0.29) is 0 Å². The fraction of sp³-hybridized carbons (Fsp3) is 0.0164. The number of fused-ring (bicyclic) bond motifs is 10. The van der Waals surface area contributed by atoms with Crippen LogP contribution in [-0.2, 0) is 5.41 Å². The Kier molecular flexibility index (Phi) is 8.76. The number of hydrogen-bond donors (Lipinski definition) is 0. The molecule has 2 heteroatoms. The Balaban J connectivity index is 1.04. The Bertz CT molecular complexity index is 3210. The van der Waals surface area contributed by atoms with Crippen LogP contribution in [0, 0.1) is 0 Å². The first-order valence-electron chi connectivity index (χ1n) is 21.8. The molecule has 0 radical (unpaired) electrons. The van der Waals surface area contributed by atoms with Gasteiger partial charge in [-0.1, -0.05) is 188 Å². The van der Waals surface area contributed by atoms with Gasteiger partial charge in [0.2, 0.25) is 0 Å². The van der Waals surface area contributed by atoms with Gasteiger partial charge >= 0.3 is 0 Å². The molecule has 2 aliphatic carbocycles. The van der Waals surface area contributed by atoms with E-state index >= 15 is 0 Å². The maximum Gasteiger partial charge on any atom is 0.0727 e. The summed E-state index contributed by atoms with van der Waals surface area (Å²) in [6.07, 6.45) is 0. The number of benzene rings is 10. The molecule has 1 atom stereocenters. The van der Waals surface area contributed by atoms with Crippen molar-refractivity contribution in [1.29, 1.82) is 0 Å². The minimum absolute atomic E-state index is 0.541. The van der Waals surface area contributed by atoms with Crippen molar-refractivity contribution in [3.63, 3.8) is 0 Å².